The Morgan fingerprint density at radius 2 is 1.76 bits per heavy atom. The summed E-state index contributed by atoms with van der Waals surface area (Å²) in [5.74, 6) is 1.02. The molecule has 21 heavy (non-hydrogen) atoms. The Balaban J connectivity index is 2.10. The first-order valence-corrected chi connectivity index (χ1v) is 8.45. The van der Waals surface area contributed by atoms with E-state index in [1.165, 1.54) is 37.7 Å². The van der Waals surface area contributed by atoms with Crippen LogP contribution in [0.25, 0.3) is 0 Å². The average molecular weight is 289 g/mol. The number of hydrogen-bond acceptors (Lipinski definition) is 2. The molecule has 2 rings (SSSR count). The van der Waals surface area contributed by atoms with Crippen LogP contribution in [0.15, 0.2) is 24.3 Å². The van der Waals surface area contributed by atoms with E-state index in [0.29, 0.717) is 12.1 Å². The van der Waals surface area contributed by atoms with Crippen molar-refractivity contribution in [1.29, 1.82) is 0 Å². The normalized spacial score (nSPS) is 24.2. The number of hydrogen-bond donors (Lipinski definition) is 1. The van der Waals surface area contributed by atoms with Crippen molar-refractivity contribution in [2.24, 2.45) is 0 Å². The van der Waals surface area contributed by atoms with Crippen LogP contribution >= 0.6 is 0 Å². The predicted molar refractivity (Wildman–Crippen MR) is 90.1 cm³/mol. The zero-order chi connectivity index (χ0) is 15.3. The van der Waals surface area contributed by atoms with Gasteiger partial charge in [-0.15, -0.1) is 0 Å². The molecule has 1 aliphatic carbocycles. The second kappa shape index (κ2) is 7.31. The minimum absolute atomic E-state index is 0.169. The molecule has 1 saturated carbocycles. The molecule has 1 N–H and O–H groups in total. The molecule has 0 spiro atoms. The molecule has 2 heteroatoms. The lowest BCUT2D eigenvalue weighted by molar-refractivity contribution is 0.131. The van der Waals surface area contributed by atoms with E-state index in [1.54, 1.807) is 0 Å². The molecule has 1 aromatic carbocycles. The van der Waals surface area contributed by atoms with Crippen molar-refractivity contribution in [3.8, 4) is 5.75 Å². The third-order valence-electron chi connectivity index (χ3n) is 4.56. The van der Waals surface area contributed by atoms with Crippen LogP contribution in [0.4, 0.5) is 0 Å². The van der Waals surface area contributed by atoms with Crippen LogP contribution in [0.1, 0.15) is 64.9 Å². The summed E-state index contributed by atoms with van der Waals surface area (Å²) in [6, 6.07) is 9.10. The van der Waals surface area contributed by atoms with E-state index in [2.05, 4.69) is 57.4 Å². The summed E-state index contributed by atoms with van der Waals surface area (Å²) < 4.78 is 6.37. The summed E-state index contributed by atoms with van der Waals surface area (Å²) in [6.45, 7) is 6.75. The molecule has 0 amide bonds. The van der Waals surface area contributed by atoms with E-state index >= 15 is 0 Å². The summed E-state index contributed by atoms with van der Waals surface area (Å²) in [5.41, 5.74) is 1.51. The van der Waals surface area contributed by atoms with Crippen molar-refractivity contribution in [3.63, 3.8) is 0 Å². The number of benzene rings is 1. The summed E-state index contributed by atoms with van der Waals surface area (Å²) in [7, 11) is 2.06. The molecule has 118 valence electrons. The molecule has 0 aliphatic heterocycles. The predicted octanol–water partition coefficient (Wildman–Crippen LogP) is 4.67. The van der Waals surface area contributed by atoms with E-state index < -0.39 is 0 Å². The molecule has 0 saturated heterocycles. The molecule has 1 aromatic rings. The first kappa shape index (κ1) is 16.4. The van der Waals surface area contributed by atoms with E-state index in [9.17, 15) is 0 Å². The Kier molecular flexibility index (Phi) is 5.69. The maximum absolute atomic E-state index is 6.37. The highest BCUT2D eigenvalue weighted by Crippen LogP contribution is 2.28. The van der Waals surface area contributed by atoms with Gasteiger partial charge in [0.1, 0.15) is 11.9 Å². The smallest absolute Gasteiger partial charge is 0.120 e. The fourth-order valence-electron chi connectivity index (χ4n) is 3.13. The zero-order valence-corrected chi connectivity index (χ0v) is 14.1. The van der Waals surface area contributed by atoms with Crippen LogP contribution in [0.2, 0.25) is 0 Å². The maximum Gasteiger partial charge on any atom is 0.120 e. The van der Waals surface area contributed by atoms with Gasteiger partial charge in [0.25, 0.3) is 0 Å². The molecule has 2 atom stereocenters. The van der Waals surface area contributed by atoms with Gasteiger partial charge in [0.2, 0.25) is 0 Å². The minimum atomic E-state index is 0.169. The number of rotatable bonds is 3. The van der Waals surface area contributed by atoms with E-state index in [-0.39, 0.29) is 5.41 Å². The van der Waals surface area contributed by atoms with Crippen LogP contribution in [-0.4, -0.2) is 19.2 Å². The molecule has 2 unspecified atom stereocenters. The van der Waals surface area contributed by atoms with Gasteiger partial charge in [-0.2, -0.15) is 0 Å². The van der Waals surface area contributed by atoms with Gasteiger partial charge < -0.3 is 10.1 Å². The van der Waals surface area contributed by atoms with E-state index in [1.807, 2.05) is 0 Å². The van der Waals surface area contributed by atoms with Gasteiger partial charge in [-0.3, -0.25) is 0 Å². The second-order valence-corrected chi connectivity index (χ2v) is 7.32. The van der Waals surface area contributed by atoms with Crippen LogP contribution in [0, 0.1) is 0 Å². The molecular formula is C19H31NO. The molecule has 1 aliphatic rings. The SMILES string of the molecule is CNC1CCCCCCC1Oc1cccc(C(C)(C)C)c1. The van der Waals surface area contributed by atoms with Crippen molar-refractivity contribution < 1.29 is 4.74 Å². The molecule has 1 fully saturated rings. The van der Waals surface area contributed by atoms with Gasteiger partial charge in [0, 0.05) is 6.04 Å². The Morgan fingerprint density at radius 3 is 2.43 bits per heavy atom. The summed E-state index contributed by atoms with van der Waals surface area (Å²) in [6.07, 6.45) is 7.98. The van der Waals surface area contributed by atoms with Crippen LogP contribution < -0.4 is 10.1 Å². The highest BCUT2D eigenvalue weighted by molar-refractivity contribution is 5.32. The third-order valence-corrected chi connectivity index (χ3v) is 4.56. The lowest BCUT2D eigenvalue weighted by Gasteiger charge is -2.30. The fraction of sp³-hybridized carbons (Fsp3) is 0.684. The summed E-state index contributed by atoms with van der Waals surface area (Å²) in [5, 5.41) is 3.46. The molecule has 0 radical (unpaired) electrons. The number of nitrogens with one attached hydrogen (secondary N) is 1. The minimum Gasteiger partial charge on any atom is -0.489 e. The summed E-state index contributed by atoms with van der Waals surface area (Å²) in [4.78, 5) is 0. The van der Waals surface area contributed by atoms with Crippen molar-refractivity contribution in [1.82, 2.24) is 5.32 Å². The first-order chi connectivity index (χ1) is 10.0. The van der Waals surface area contributed by atoms with Crippen molar-refractivity contribution in [3.05, 3.63) is 29.8 Å². The zero-order valence-electron chi connectivity index (χ0n) is 14.1. The molecule has 0 aromatic heterocycles. The maximum atomic E-state index is 6.37. The second-order valence-electron chi connectivity index (χ2n) is 7.32. The Hall–Kier alpha value is -1.02. The number of ether oxygens (including phenoxy) is 1. The van der Waals surface area contributed by atoms with Crippen LogP contribution in [0.5, 0.6) is 5.75 Å². The standard InChI is InChI=1S/C19H31NO/c1-19(2,3)15-10-9-11-16(14-15)21-18-13-8-6-5-7-12-17(18)20-4/h9-11,14,17-18,20H,5-8,12-13H2,1-4H3. The summed E-state index contributed by atoms with van der Waals surface area (Å²) >= 11 is 0. The van der Waals surface area contributed by atoms with Crippen LogP contribution in [-0.2, 0) is 5.41 Å². The Bertz CT molecular complexity index is 435. The van der Waals surface area contributed by atoms with Gasteiger partial charge in [0.05, 0.1) is 0 Å². The molecular weight excluding hydrogens is 258 g/mol. The van der Waals surface area contributed by atoms with E-state index in [4.69, 9.17) is 4.74 Å². The monoisotopic (exact) mass is 289 g/mol. The van der Waals surface area contributed by atoms with Gasteiger partial charge >= 0.3 is 0 Å². The van der Waals surface area contributed by atoms with Gasteiger partial charge in [-0.05, 0) is 49.4 Å². The molecule has 0 bridgehead atoms. The van der Waals surface area contributed by atoms with Crippen LogP contribution in [0.3, 0.4) is 0 Å². The highest BCUT2D eigenvalue weighted by Gasteiger charge is 2.23. The van der Waals surface area contributed by atoms with Crippen molar-refractivity contribution in [2.75, 3.05) is 7.05 Å². The lowest BCUT2D eigenvalue weighted by atomic mass is 9.87. The van der Waals surface area contributed by atoms with Gasteiger partial charge in [-0.25, -0.2) is 0 Å². The van der Waals surface area contributed by atoms with Gasteiger partial charge in [0.15, 0.2) is 0 Å². The quantitative estimate of drug-likeness (QED) is 0.873. The Morgan fingerprint density at radius 1 is 1.05 bits per heavy atom. The van der Waals surface area contributed by atoms with Crippen molar-refractivity contribution >= 4 is 0 Å². The molecule has 2 nitrogen and oxygen atoms in total. The topological polar surface area (TPSA) is 21.3 Å². The highest BCUT2D eigenvalue weighted by atomic mass is 16.5. The van der Waals surface area contributed by atoms with E-state index in [0.717, 1.165) is 12.2 Å². The first-order valence-electron chi connectivity index (χ1n) is 8.45. The Labute approximate surface area is 130 Å². The average Bonchev–Trinajstić information content (AvgIpc) is 2.42. The van der Waals surface area contributed by atoms with Crippen molar-refractivity contribution in [2.45, 2.75) is 76.9 Å². The van der Waals surface area contributed by atoms with Gasteiger partial charge in [-0.1, -0.05) is 52.2 Å². The molecule has 0 heterocycles. The third kappa shape index (κ3) is 4.74. The fourth-order valence-corrected chi connectivity index (χ4v) is 3.13. The lowest BCUT2D eigenvalue weighted by Crippen LogP contribution is -2.41. The number of likely N-dealkylation sites (N-methyl/N-ethyl adjacent to an activating group) is 1. The largest absolute Gasteiger partial charge is 0.489 e.